The Morgan fingerprint density at radius 1 is 0.306 bits per heavy atom. The minimum atomic E-state index is -0.0511. The lowest BCUT2D eigenvalue weighted by Crippen LogP contribution is -2.14. The predicted molar refractivity (Wildman–Crippen MR) is 263 cm³/mol. The summed E-state index contributed by atoms with van der Waals surface area (Å²) < 4.78 is 0. The molecule has 0 N–H and O–H groups in total. The molecule has 1 aliphatic rings. The maximum absolute atomic E-state index is 2.41. The van der Waals surface area contributed by atoms with E-state index in [1.165, 1.54) is 88.7 Å². The van der Waals surface area contributed by atoms with Crippen molar-refractivity contribution in [1.82, 2.24) is 0 Å². The maximum Gasteiger partial charge on any atom is 0.0540 e. The largest absolute Gasteiger partial charge is 0.310 e. The summed E-state index contributed by atoms with van der Waals surface area (Å²) in [6.45, 7) is 4.70. The number of hydrogen-bond donors (Lipinski definition) is 0. The number of hydrogen-bond acceptors (Lipinski definition) is 1. The van der Waals surface area contributed by atoms with E-state index in [2.05, 4.69) is 255 Å². The van der Waals surface area contributed by atoms with Crippen molar-refractivity contribution in [1.29, 1.82) is 0 Å². The summed E-state index contributed by atoms with van der Waals surface area (Å²) in [5.74, 6) is 0. The highest BCUT2D eigenvalue weighted by Crippen LogP contribution is 2.52. The Balaban J connectivity index is 1.01. The Morgan fingerprint density at radius 2 is 0.758 bits per heavy atom. The molecule has 0 spiro atoms. The van der Waals surface area contributed by atoms with Gasteiger partial charge in [0.15, 0.2) is 0 Å². The number of fused-ring (bicyclic) bond motifs is 4. The van der Waals surface area contributed by atoms with E-state index in [1.807, 2.05) is 0 Å². The second-order valence-corrected chi connectivity index (χ2v) is 16.9. The lowest BCUT2D eigenvalue weighted by Gasteiger charge is -2.28. The van der Waals surface area contributed by atoms with Crippen LogP contribution in [0.4, 0.5) is 17.1 Å². The molecule has 0 radical (unpaired) electrons. The molecule has 0 amide bonds. The summed E-state index contributed by atoms with van der Waals surface area (Å²) in [4.78, 5) is 2.41. The zero-order valence-electron chi connectivity index (χ0n) is 35.0. The molecule has 294 valence electrons. The van der Waals surface area contributed by atoms with Crippen molar-refractivity contribution in [3.05, 3.63) is 248 Å². The van der Waals surface area contributed by atoms with Gasteiger partial charge in [-0.25, -0.2) is 0 Å². The Labute approximate surface area is 364 Å². The van der Waals surface area contributed by atoms with Crippen LogP contribution in [0.3, 0.4) is 0 Å². The third kappa shape index (κ3) is 6.51. The first-order valence-corrected chi connectivity index (χ1v) is 21.6. The molecule has 11 rings (SSSR count). The first-order valence-electron chi connectivity index (χ1n) is 21.6. The fourth-order valence-corrected chi connectivity index (χ4v) is 9.74. The molecule has 0 saturated heterocycles. The lowest BCUT2D eigenvalue weighted by atomic mass is 9.82. The van der Waals surface area contributed by atoms with E-state index in [0.717, 1.165) is 17.1 Å². The highest BCUT2D eigenvalue weighted by molar-refractivity contribution is 5.98. The number of nitrogens with zero attached hydrogens (tertiary/aromatic N) is 1. The normalized spacial score (nSPS) is 12.5. The van der Waals surface area contributed by atoms with Crippen molar-refractivity contribution >= 4 is 27.8 Å². The van der Waals surface area contributed by atoms with Gasteiger partial charge in [-0.1, -0.05) is 214 Å². The summed E-state index contributed by atoms with van der Waals surface area (Å²) in [7, 11) is 0. The van der Waals surface area contributed by atoms with Crippen molar-refractivity contribution in [3.8, 4) is 66.8 Å². The van der Waals surface area contributed by atoms with E-state index in [1.54, 1.807) is 0 Å². The summed E-state index contributed by atoms with van der Waals surface area (Å²) in [5, 5.41) is 2.52. The quantitative estimate of drug-likeness (QED) is 0.148. The molecule has 0 atom stereocenters. The molecule has 0 bridgehead atoms. The number of para-hydroxylation sites is 1. The van der Waals surface area contributed by atoms with Crippen LogP contribution in [0.25, 0.3) is 77.5 Å². The third-order valence-electron chi connectivity index (χ3n) is 12.9. The zero-order chi connectivity index (χ0) is 41.6. The molecule has 0 fully saturated rings. The first-order chi connectivity index (χ1) is 30.5. The number of anilines is 3. The molecule has 1 aliphatic carbocycles. The first kappa shape index (κ1) is 37.3. The van der Waals surface area contributed by atoms with Gasteiger partial charge >= 0.3 is 0 Å². The van der Waals surface area contributed by atoms with Crippen molar-refractivity contribution in [3.63, 3.8) is 0 Å². The van der Waals surface area contributed by atoms with Crippen LogP contribution in [0.5, 0.6) is 0 Å². The molecular formula is C61H45N. The molecule has 0 saturated carbocycles. The van der Waals surface area contributed by atoms with Crippen LogP contribution in [0, 0.1) is 0 Å². The summed E-state index contributed by atoms with van der Waals surface area (Å²) in [5.41, 5.74) is 20.8. The molecule has 0 aliphatic heterocycles. The Morgan fingerprint density at radius 3 is 1.50 bits per heavy atom. The Hall–Kier alpha value is -7.74. The van der Waals surface area contributed by atoms with Crippen LogP contribution in [0.1, 0.15) is 25.0 Å². The molecular weight excluding hydrogens is 747 g/mol. The maximum atomic E-state index is 2.41. The van der Waals surface area contributed by atoms with Gasteiger partial charge in [-0.3, -0.25) is 0 Å². The van der Waals surface area contributed by atoms with Gasteiger partial charge in [0.1, 0.15) is 0 Å². The van der Waals surface area contributed by atoms with Crippen molar-refractivity contribution < 1.29 is 0 Å². The predicted octanol–water partition coefficient (Wildman–Crippen LogP) is 17.0. The standard InChI is InChI=1S/C61H45N/c1-61(2)57-26-10-8-23-56(57)60-55(25-14-27-58(60)61)47-35-39-51(40-36-47)62(50-37-33-43(34-38-50)49-20-12-19-48(41-49)42-15-4-3-5-16-42)59-28-11-9-22-54(59)46-31-29-45(30-32-46)53-24-13-18-44-17-6-7-21-52(44)53/h3-41H,1-2H3. The average molecular weight is 792 g/mol. The van der Waals surface area contributed by atoms with Crippen LogP contribution in [0.2, 0.25) is 0 Å². The van der Waals surface area contributed by atoms with Gasteiger partial charge in [-0.2, -0.15) is 0 Å². The zero-order valence-corrected chi connectivity index (χ0v) is 35.0. The topological polar surface area (TPSA) is 3.24 Å². The van der Waals surface area contributed by atoms with Crippen molar-refractivity contribution in [2.75, 3.05) is 4.90 Å². The van der Waals surface area contributed by atoms with Crippen LogP contribution >= 0.6 is 0 Å². The fourth-order valence-electron chi connectivity index (χ4n) is 9.74. The van der Waals surface area contributed by atoms with Gasteiger partial charge in [-0.15, -0.1) is 0 Å². The minimum Gasteiger partial charge on any atom is -0.310 e. The number of rotatable bonds is 8. The van der Waals surface area contributed by atoms with Gasteiger partial charge in [-0.05, 0) is 119 Å². The van der Waals surface area contributed by atoms with Crippen molar-refractivity contribution in [2.24, 2.45) is 0 Å². The molecule has 1 nitrogen and oxygen atoms in total. The molecule has 1 heteroatoms. The second kappa shape index (κ2) is 15.4. The number of benzene rings is 10. The average Bonchev–Trinajstić information content (AvgIpc) is 3.58. The van der Waals surface area contributed by atoms with Gasteiger partial charge in [0.05, 0.1) is 5.69 Å². The lowest BCUT2D eigenvalue weighted by molar-refractivity contribution is 0.660. The monoisotopic (exact) mass is 791 g/mol. The summed E-state index contributed by atoms with van der Waals surface area (Å²) >= 11 is 0. The molecule has 62 heavy (non-hydrogen) atoms. The smallest absolute Gasteiger partial charge is 0.0540 e. The van der Waals surface area contributed by atoms with E-state index in [-0.39, 0.29) is 5.41 Å². The van der Waals surface area contributed by atoms with Gasteiger partial charge in [0.25, 0.3) is 0 Å². The fraction of sp³-hybridized carbons (Fsp3) is 0.0492. The third-order valence-corrected chi connectivity index (χ3v) is 12.9. The molecule has 0 heterocycles. The van der Waals surface area contributed by atoms with E-state index in [4.69, 9.17) is 0 Å². The highest BCUT2D eigenvalue weighted by atomic mass is 15.1. The van der Waals surface area contributed by atoms with Gasteiger partial charge in [0, 0.05) is 22.4 Å². The summed E-state index contributed by atoms with van der Waals surface area (Å²) in [6, 6.07) is 86.5. The Kier molecular flexibility index (Phi) is 9.24. The second-order valence-electron chi connectivity index (χ2n) is 16.9. The van der Waals surface area contributed by atoms with Crippen LogP contribution in [0.15, 0.2) is 237 Å². The van der Waals surface area contributed by atoms with E-state index < -0.39 is 0 Å². The van der Waals surface area contributed by atoms with Crippen LogP contribution in [-0.4, -0.2) is 0 Å². The van der Waals surface area contributed by atoms with Crippen LogP contribution in [-0.2, 0) is 5.41 Å². The molecule has 10 aromatic carbocycles. The Bertz CT molecular complexity index is 3220. The van der Waals surface area contributed by atoms with E-state index in [9.17, 15) is 0 Å². The highest BCUT2D eigenvalue weighted by Gasteiger charge is 2.36. The van der Waals surface area contributed by atoms with Crippen molar-refractivity contribution in [2.45, 2.75) is 19.3 Å². The molecule has 0 aromatic heterocycles. The van der Waals surface area contributed by atoms with Gasteiger partial charge < -0.3 is 4.90 Å². The SMILES string of the molecule is CC1(C)c2ccccc2-c2c(-c3ccc(N(c4ccc(-c5cccc(-c6ccccc6)c5)cc4)c4ccccc4-c4ccc(-c5cccc6ccccc56)cc4)cc3)cccc21. The van der Waals surface area contributed by atoms with Crippen LogP contribution < -0.4 is 4.90 Å². The summed E-state index contributed by atoms with van der Waals surface area (Å²) in [6.07, 6.45) is 0. The molecule has 0 unspecified atom stereocenters. The molecule has 10 aromatic rings. The minimum absolute atomic E-state index is 0.0511. The van der Waals surface area contributed by atoms with E-state index >= 15 is 0 Å². The van der Waals surface area contributed by atoms with Gasteiger partial charge in [0.2, 0.25) is 0 Å². The van der Waals surface area contributed by atoms with E-state index in [0.29, 0.717) is 0 Å².